The van der Waals surface area contributed by atoms with E-state index >= 15 is 0 Å². The third-order valence-electron chi connectivity index (χ3n) is 12.1. The fourth-order valence-electron chi connectivity index (χ4n) is 9.07. The maximum absolute atomic E-state index is 9.82. The van der Waals surface area contributed by atoms with E-state index in [2.05, 4.69) is 133 Å². The van der Waals surface area contributed by atoms with E-state index in [1.807, 2.05) is 79.3 Å². The summed E-state index contributed by atoms with van der Waals surface area (Å²) in [6.07, 6.45) is 7.08. The summed E-state index contributed by atoms with van der Waals surface area (Å²) in [6.45, 7) is 2.00. The number of nitriles is 1. The Kier molecular flexibility index (Phi) is 8.18. The van der Waals surface area contributed by atoms with Crippen molar-refractivity contribution in [2.75, 3.05) is 0 Å². The Hall–Kier alpha value is -7.13. The smallest absolute Gasteiger partial charge is 0.164 e. The monoisotopic (exact) mass is 772 g/mol. The first-order chi connectivity index (χ1) is 29.0. The minimum absolute atomic E-state index is 0.481. The van der Waals surface area contributed by atoms with Crippen molar-refractivity contribution in [3.8, 4) is 62.5 Å². The summed E-state index contributed by atoms with van der Waals surface area (Å²) >= 11 is 1.86. The molecule has 0 N–H and O–H groups in total. The molecule has 11 rings (SSSR count). The third kappa shape index (κ3) is 5.71. The first-order valence-corrected chi connectivity index (χ1v) is 20.8. The van der Waals surface area contributed by atoms with Crippen LogP contribution in [-0.4, -0.2) is 15.0 Å². The zero-order valence-electron chi connectivity index (χ0n) is 32.3. The van der Waals surface area contributed by atoms with E-state index in [4.69, 9.17) is 15.0 Å². The van der Waals surface area contributed by atoms with E-state index in [9.17, 15) is 5.26 Å². The topological polar surface area (TPSA) is 62.5 Å². The van der Waals surface area contributed by atoms with Crippen LogP contribution in [0, 0.1) is 16.7 Å². The largest absolute Gasteiger partial charge is 0.208 e. The van der Waals surface area contributed by atoms with Gasteiger partial charge in [-0.15, -0.1) is 0 Å². The highest BCUT2D eigenvalue weighted by Crippen LogP contribution is 2.62. The SMILES string of the molecule is CC1(C#N)C=CC(c2ccc3c(c2)-c2cc(-c4cccc(-c5nc(-c6ccccc6)nc(-c6ccccc6)n5)c4)ccc2C32c3ccccc3Sc3ccccc32)=CC1. The van der Waals surface area contributed by atoms with Crippen LogP contribution in [-0.2, 0) is 5.41 Å². The quantitative estimate of drug-likeness (QED) is 0.174. The summed E-state index contributed by atoms with van der Waals surface area (Å²) in [5.41, 5.74) is 14.0. The number of hydrogen-bond donors (Lipinski definition) is 0. The maximum Gasteiger partial charge on any atom is 0.164 e. The standard InChI is InChI=1S/C54H36N4S/c1-53(34-55)29-27-35(28-30-53)39-23-25-44-42(32-39)43-33-40(24-26-45(43)54(44)46-19-8-10-21-48(46)59-49-22-11-9-20-47(49)54)38-17-12-18-41(31-38)52-57-50(36-13-4-2-5-14-36)56-51(58-52)37-15-6-3-7-16-37/h2-29,31-33H,30H2,1H3. The number of fused-ring (bicyclic) bond motifs is 9. The van der Waals surface area contributed by atoms with Crippen molar-refractivity contribution in [3.63, 3.8) is 0 Å². The predicted molar refractivity (Wildman–Crippen MR) is 238 cm³/mol. The highest BCUT2D eigenvalue weighted by atomic mass is 32.2. The third-order valence-corrected chi connectivity index (χ3v) is 13.2. The number of rotatable bonds is 5. The van der Waals surface area contributed by atoms with Crippen LogP contribution in [0.25, 0.3) is 62.0 Å². The van der Waals surface area contributed by atoms with Gasteiger partial charge in [0.25, 0.3) is 0 Å². The zero-order chi connectivity index (χ0) is 39.6. The Morgan fingerprint density at radius 2 is 0.983 bits per heavy atom. The molecule has 1 aromatic heterocycles. The highest BCUT2D eigenvalue weighted by molar-refractivity contribution is 7.99. The van der Waals surface area contributed by atoms with Gasteiger partial charge < -0.3 is 0 Å². The van der Waals surface area contributed by atoms with Crippen molar-refractivity contribution >= 4 is 17.3 Å². The number of benzene rings is 7. The molecule has 7 aromatic carbocycles. The first kappa shape index (κ1) is 35.1. The minimum atomic E-state index is -0.485. The van der Waals surface area contributed by atoms with Gasteiger partial charge in [0.1, 0.15) is 0 Å². The van der Waals surface area contributed by atoms with Crippen molar-refractivity contribution in [3.05, 3.63) is 216 Å². The van der Waals surface area contributed by atoms with Crippen molar-refractivity contribution < 1.29 is 0 Å². The Labute approximate surface area is 348 Å². The molecular formula is C54H36N4S. The van der Waals surface area contributed by atoms with Crippen LogP contribution in [0.4, 0.5) is 0 Å². The van der Waals surface area contributed by atoms with E-state index in [-0.39, 0.29) is 0 Å². The first-order valence-electron chi connectivity index (χ1n) is 20.0. The van der Waals surface area contributed by atoms with Gasteiger partial charge in [-0.2, -0.15) is 5.26 Å². The molecule has 0 radical (unpaired) electrons. The Balaban J connectivity index is 1.09. The summed E-state index contributed by atoms with van der Waals surface area (Å²) in [6, 6.07) is 63.1. The molecule has 5 heteroatoms. The van der Waals surface area contributed by atoms with Crippen LogP contribution in [0.15, 0.2) is 198 Å². The summed E-state index contributed by atoms with van der Waals surface area (Å²) < 4.78 is 0. The van der Waals surface area contributed by atoms with E-state index < -0.39 is 10.8 Å². The van der Waals surface area contributed by atoms with Crippen LogP contribution in [0.3, 0.4) is 0 Å². The van der Waals surface area contributed by atoms with E-state index in [1.54, 1.807) is 0 Å². The van der Waals surface area contributed by atoms with Gasteiger partial charge in [0, 0.05) is 26.5 Å². The number of allylic oxidation sites excluding steroid dienone is 4. The lowest BCUT2D eigenvalue weighted by atomic mass is 9.67. The average molecular weight is 773 g/mol. The molecule has 2 heterocycles. The number of aromatic nitrogens is 3. The Morgan fingerprint density at radius 3 is 1.56 bits per heavy atom. The summed E-state index contributed by atoms with van der Waals surface area (Å²) in [5, 5.41) is 9.82. The number of nitrogens with zero attached hydrogens (tertiary/aromatic N) is 4. The van der Waals surface area contributed by atoms with Crippen LogP contribution >= 0.6 is 11.8 Å². The van der Waals surface area contributed by atoms with Crippen molar-refractivity contribution in [2.24, 2.45) is 5.41 Å². The second-order valence-electron chi connectivity index (χ2n) is 15.7. The van der Waals surface area contributed by atoms with Gasteiger partial charge in [-0.1, -0.05) is 170 Å². The van der Waals surface area contributed by atoms with Crippen molar-refractivity contribution in [1.29, 1.82) is 5.26 Å². The molecule has 2 aliphatic carbocycles. The Bertz CT molecular complexity index is 2980. The molecule has 3 aliphatic rings. The highest BCUT2D eigenvalue weighted by Gasteiger charge is 2.50. The lowest BCUT2D eigenvalue weighted by molar-refractivity contribution is 0.575. The molecule has 1 unspecified atom stereocenters. The molecule has 1 spiro atoms. The summed E-state index contributed by atoms with van der Waals surface area (Å²) in [4.78, 5) is 17.6. The molecule has 1 atom stereocenters. The van der Waals surface area contributed by atoms with Crippen LogP contribution < -0.4 is 0 Å². The van der Waals surface area contributed by atoms with Crippen molar-refractivity contribution in [1.82, 2.24) is 15.0 Å². The summed E-state index contributed by atoms with van der Waals surface area (Å²) in [5.74, 6) is 1.91. The van der Waals surface area contributed by atoms with Gasteiger partial charge in [0.15, 0.2) is 17.5 Å². The molecule has 8 aromatic rings. The van der Waals surface area contributed by atoms with Gasteiger partial charge in [-0.05, 0) is 99.3 Å². The molecule has 59 heavy (non-hydrogen) atoms. The molecule has 1 aliphatic heterocycles. The minimum Gasteiger partial charge on any atom is -0.208 e. The van der Waals surface area contributed by atoms with Gasteiger partial charge in [-0.25, -0.2) is 15.0 Å². The van der Waals surface area contributed by atoms with E-state index in [1.165, 1.54) is 43.2 Å². The lowest BCUT2D eigenvalue weighted by Crippen LogP contribution is -2.31. The predicted octanol–water partition coefficient (Wildman–Crippen LogP) is 13.2. The molecular weight excluding hydrogens is 737 g/mol. The molecule has 278 valence electrons. The Morgan fingerprint density at radius 1 is 0.492 bits per heavy atom. The zero-order valence-corrected chi connectivity index (χ0v) is 33.1. The second kappa shape index (κ2) is 13.8. The van der Waals surface area contributed by atoms with Gasteiger partial charge >= 0.3 is 0 Å². The van der Waals surface area contributed by atoms with Crippen molar-refractivity contribution in [2.45, 2.75) is 28.6 Å². The molecule has 0 saturated carbocycles. The fourth-order valence-corrected chi connectivity index (χ4v) is 10.3. The molecule has 4 nitrogen and oxygen atoms in total. The van der Waals surface area contributed by atoms with Gasteiger partial charge in [0.2, 0.25) is 0 Å². The maximum atomic E-state index is 9.82. The molecule has 0 saturated heterocycles. The molecule has 0 amide bonds. The van der Waals surface area contributed by atoms with Crippen LogP contribution in [0.5, 0.6) is 0 Å². The lowest BCUT2D eigenvalue weighted by Gasteiger charge is -2.39. The molecule has 0 bridgehead atoms. The average Bonchev–Trinajstić information content (AvgIpc) is 3.59. The number of hydrogen-bond acceptors (Lipinski definition) is 5. The van der Waals surface area contributed by atoms with Crippen LogP contribution in [0.2, 0.25) is 0 Å². The normalized spacial score (nSPS) is 16.6. The summed E-state index contributed by atoms with van der Waals surface area (Å²) in [7, 11) is 0. The van der Waals surface area contributed by atoms with E-state index in [0.29, 0.717) is 23.9 Å². The second-order valence-corrected chi connectivity index (χ2v) is 16.8. The van der Waals surface area contributed by atoms with E-state index in [0.717, 1.165) is 39.0 Å². The van der Waals surface area contributed by atoms with Gasteiger partial charge in [0.05, 0.1) is 16.9 Å². The van der Waals surface area contributed by atoms with Gasteiger partial charge in [-0.3, -0.25) is 0 Å². The molecule has 0 fully saturated rings. The fraction of sp³-hybridized carbons (Fsp3) is 0.0741. The van der Waals surface area contributed by atoms with Crippen LogP contribution in [0.1, 0.15) is 41.2 Å².